The minimum atomic E-state index is -0.243. The fourth-order valence-electron chi connectivity index (χ4n) is 2.48. The maximum atomic E-state index is 12.3. The first-order valence-corrected chi connectivity index (χ1v) is 8.15. The van der Waals surface area contributed by atoms with Crippen LogP contribution in [0.5, 0.6) is 0 Å². The summed E-state index contributed by atoms with van der Waals surface area (Å²) in [5.74, 6) is 0.0773. The molecule has 0 aliphatic heterocycles. The van der Waals surface area contributed by atoms with Gasteiger partial charge in [0.15, 0.2) is 0 Å². The zero-order valence-electron chi connectivity index (χ0n) is 14.3. The number of nitrogens with zero attached hydrogens (tertiary/aromatic N) is 1. The predicted molar refractivity (Wildman–Crippen MR) is 96.4 cm³/mol. The molecule has 0 saturated carbocycles. The van der Waals surface area contributed by atoms with E-state index >= 15 is 0 Å². The highest BCUT2D eigenvalue weighted by atomic mass is 16.5. The highest BCUT2D eigenvalue weighted by Crippen LogP contribution is 2.22. The average molecular weight is 336 g/mol. The standard InChI is InChI=1S/C20H20N2O3/c1-3-14-4-8-16(9-5-14)18-12-19(25-22-18)21-20(23)17-10-6-15(7-11-17)13-24-2/h4-12H,3,13H2,1-2H3,(H,21,23). The van der Waals surface area contributed by atoms with Crippen molar-refractivity contribution >= 4 is 11.8 Å². The number of hydrogen-bond acceptors (Lipinski definition) is 4. The SMILES string of the molecule is CCc1ccc(-c2cc(NC(=O)c3ccc(COC)cc3)on2)cc1. The molecule has 0 atom stereocenters. The van der Waals surface area contributed by atoms with Crippen LogP contribution in [-0.4, -0.2) is 18.2 Å². The van der Waals surface area contributed by atoms with Gasteiger partial charge in [-0.3, -0.25) is 10.1 Å². The Morgan fingerprint density at radius 2 is 1.76 bits per heavy atom. The molecule has 0 bridgehead atoms. The molecule has 1 aromatic heterocycles. The van der Waals surface area contributed by atoms with E-state index in [9.17, 15) is 4.79 Å². The van der Waals surface area contributed by atoms with Crippen LogP contribution in [0.15, 0.2) is 59.1 Å². The first-order valence-electron chi connectivity index (χ1n) is 8.15. The van der Waals surface area contributed by atoms with Crippen LogP contribution in [0.2, 0.25) is 0 Å². The highest BCUT2D eigenvalue weighted by Gasteiger charge is 2.11. The van der Waals surface area contributed by atoms with Crippen LogP contribution >= 0.6 is 0 Å². The summed E-state index contributed by atoms with van der Waals surface area (Å²) in [6, 6.07) is 17.1. The Bertz CT molecular complexity index is 836. The number of amides is 1. The summed E-state index contributed by atoms with van der Waals surface area (Å²) in [5.41, 5.74) is 4.46. The minimum absolute atomic E-state index is 0.243. The summed E-state index contributed by atoms with van der Waals surface area (Å²) >= 11 is 0. The van der Waals surface area contributed by atoms with Gasteiger partial charge in [0.25, 0.3) is 5.91 Å². The maximum absolute atomic E-state index is 12.3. The molecule has 0 saturated heterocycles. The van der Waals surface area contributed by atoms with Crippen LogP contribution < -0.4 is 5.32 Å². The van der Waals surface area contributed by atoms with Gasteiger partial charge in [-0.25, -0.2) is 0 Å². The van der Waals surface area contributed by atoms with Crippen molar-refractivity contribution in [1.82, 2.24) is 5.16 Å². The van der Waals surface area contributed by atoms with E-state index in [2.05, 4.69) is 29.5 Å². The number of aryl methyl sites for hydroxylation is 1. The number of nitrogens with one attached hydrogen (secondary N) is 1. The van der Waals surface area contributed by atoms with E-state index in [0.29, 0.717) is 23.7 Å². The number of methoxy groups -OCH3 is 1. The third kappa shape index (κ3) is 4.14. The van der Waals surface area contributed by atoms with E-state index in [-0.39, 0.29) is 5.91 Å². The summed E-state index contributed by atoms with van der Waals surface area (Å²) < 4.78 is 10.3. The summed E-state index contributed by atoms with van der Waals surface area (Å²) in [6.07, 6.45) is 0.990. The number of aromatic nitrogens is 1. The zero-order chi connectivity index (χ0) is 17.6. The molecule has 128 valence electrons. The molecule has 0 spiro atoms. The Labute approximate surface area is 146 Å². The van der Waals surface area contributed by atoms with Gasteiger partial charge in [-0.2, -0.15) is 0 Å². The van der Waals surface area contributed by atoms with Crippen LogP contribution in [0.1, 0.15) is 28.4 Å². The van der Waals surface area contributed by atoms with Crippen molar-refractivity contribution in [1.29, 1.82) is 0 Å². The van der Waals surface area contributed by atoms with E-state index in [1.54, 1.807) is 25.3 Å². The van der Waals surface area contributed by atoms with Crippen molar-refractivity contribution in [2.24, 2.45) is 0 Å². The van der Waals surface area contributed by atoms with Crippen molar-refractivity contribution < 1.29 is 14.1 Å². The fraction of sp³-hybridized carbons (Fsp3) is 0.200. The number of ether oxygens (including phenoxy) is 1. The maximum Gasteiger partial charge on any atom is 0.258 e. The van der Waals surface area contributed by atoms with Gasteiger partial charge in [0.2, 0.25) is 5.88 Å². The van der Waals surface area contributed by atoms with Crippen LogP contribution in [0.4, 0.5) is 5.88 Å². The molecule has 3 rings (SSSR count). The molecule has 25 heavy (non-hydrogen) atoms. The molecule has 1 amide bonds. The molecule has 0 unspecified atom stereocenters. The molecular formula is C20H20N2O3. The Morgan fingerprint density at radius 1 is 1.08 bits per heavy atom. The Kier molecular flexibility index (Phi) is 5.26. The molecule has 0 aliphatic rings. The topological polar surface area (TPSA) is 64.4 Å². The Hall–Kier alpha value is -2.92. The second-order valence-electron chi connectivity index (χ2n) is 5.71. The second-order valence-corrected chi connectivity index (χ2v) is 5.71. The molecule has 3 aromatic rings. The van der Waals surface area contributed by atoms with Crippen LogP contribution in [0.3, 0.4) is 0 Å². The summed E-state index contributed by atoms with van der Waals surface area (Å²) in [7, 11) is 1.64. The number of benzene rings is 2. The predicted octanol–water partition coefficient (Wildman–Crippen LogP) is 4.30. The summed E-state index contributed by atoms with van der Waals surface area (Å²) in [4.78, 5) is 12.3. The lowest BCUT2D eigenvalue weighted by atomic mass is 10.1. The molecular weight excluding hydrogens is 316 g/mol. The van der Waals surface area contributed by atoms with E-state index in [1.807, 2.05) is 24.3 Å². The van der Waals surface area contributed by atoms with Gasteiger partial charge in [-0.1, -0.05) is 48.5 Å². The molecule has 0 aliphatic carbocycles. The van der Waals surface area contributed by atoms with Crippen molar-refractivity contribution in [3.63, 3.8) is 0 Å². The van der Waals surface area contributed by atoms with E-state index in [4.69, 9.17) is 9.26 Å². The van der Waals surface area contributed by atoms with Crippen LogP contribution in [0, 0.1) is 0 Å². The lowest BCUT2D eigenvalue weighted by Crippen LogP contribution is -2.11. The quantitative estimate of drug-likeness (QED) is 0.729. The van der Waals surface area contributed by atoms with Gasteiger partial charge < -0.3 is 9.26 Å². The molecule has 5 heteroatoms. The van der Waals surface area contributed by atoms with Crippen LogP contribution in [0.25, 0.3) is 11.3 Å². The molecule has 1 heterocycles. The minimum Gasteiger partial charge on any atom is -0.380 e. The van der Waals surface area contributed by atoms with Gasteiger partial charge in [0.1, 0.15) is 5.69 Å². The number of carbonyl (C=O) groups is 1. The average Bonchev–Trinajstić information content (AvgIpc) is 3.11. The third-order valence-corrected chi connectivity index (χ3v) is 3.93. The van der Waals surface area contributed by atoms with Gasteiger partial charge in [0, 0.05) is 24.3 Å². The third-order valence-electron chi connectivity index (χ3n) is 3.93. The molecule has 2 aromatic carbocycles. The Balaban J connectivity index is 1.68. The van der Waals surface area contributed by atoms with Gasteiger partial charge in [-0.15, -0.1) is 0 Å². The van der Waals surface area contributed by atoms with Gasteiger partial charge >= 0.3 is 0 Å². The lowest BCUT2D eigenvalue weighted by Gasteiger charge is -2.03. The van der Waals surface area contributed by atoms with Gasteiger partial charge in [-0.05, 0) is 29.7 Å². The smallest absolute Gasteiger partial charge is 0.258 e. The number of hydrogen-bond donors (Lipinski definition) is 1. The normalized spacial score (nSPS) is 10.6. The molecule has 0 radical (unpaired) electrons. The van der Waals surface area contributed by atoms with Gasteiger partial charge in [0.05, 0.1) is 6.61 Å². The Morgan fingerprint density at radius 3 is 2.40 bits per heavy atom. The summed E-state index contributed by atoms with van der Waals surface area (Å²) in [5, 5.41) is 6.74. The lowest BCUT2D eigenvalue weighted by molar-refractivity contribution is 0.102. The first kappa shape index (κ1) is 16.9. The first-order chi connectivity index (χ1) is 12.2. The van der Waals surface area contributed by atoms with E-state index in [0.717, 1.165) is 17.5 Å². The second kappa shape index (κ2) is 7.77. The van der Waals surface area contributed by atoms with Crippen molar-refractivity contribution in [2.45, 2.75) is 20.0 Å². The fourth-order valence-corrected chi connectivity index (χ4v) is 2.48. The van der Waals surface area contributed by atoms with E-state index in [1.165, 1.54) is 5.56 Å². The monoisotopic (exact) mass is 336 g/mol. The van der Waals surface area contributed by atoms with Crippen molar-refractivity contribution in [3.05, 3.63) is 71.3 Å². The largest absolute Gasteiger partial charge is 0.380 e. The highest BCUT2D eigenvalue weighted by molar-refractivity contribution is 6.03. The zero-order valence-corrected chi connectivity index (χ0v) is 14.3. The van der Waals surface area contributed by atoms with E-state index < -0.39 is 0 Å². The van der Waals surface area contributed by atoms with Crippen LogP contribution in [-0.2, 0) is 17.8 Å². The van der Waals surface area contributed by atoms with Crippen molar-refractivity contribution in [3.8, 4) is 11.3 Å². The molecule has 5 nitrogen and oxygen atoms in total. The molecule has 1 N–H and O–H groups in total. The number of anilines is 1. The summed E-state index contributed by atoms with van der Waals surface area (Å²) in [6.45, 7) is 2.63. The number of rotatable bonds is 6. The van der Waals surface area contributed by atoms with Crippen molar-refractivity contribution in [2.75, 3.05) is 12.4 Å². The number of carbonyl (C=O) groups excluding carboxylic acids is 1. The molecule has 0 fully saturated rings.